The third kappa shape index (κ3) is 3.56. The normalized spacial score (nSPS) is 15.3. The number of anilines is 1. The van der Waals surface area contributed by atoms with Crippen LogP contribution in [0.2, 0.25) is 5.02 Å². The van der Waals surface area contributed by atoms with Gasteiger partial charge in [0, 0.05) is 22.4 Å². The van der Waals surface area contributed by atoms with Crippen molar-refractivity contribution in [1.82, 2.24) is 4.98 Å². The van der Waals surface area contributed by atoms with Gasteiger partial charge in [-0.15, -0.1) is 0 Å². The number of benzene rings is 2. The first-order valence-corrected chi connectivity index (χ1v) is 9.36. The standard InChI is InChI=1S/C21H13BrClN3O/c22-15-4-3-5-16(13-15)26-20(17-6-1-2-7-18(17)23)25-19(21(26)27)12-14-8-10-24-11-9-14/h1-13H/b19-12+. The lowest BCUT2D eigenvalue weighted by atomic mass is 10.1. The van der Waals surface area contributed by atoms with Gasteiger partial charge in [0.05, 0.1) is 10.7 Å². The predicted octanol–water partition coefficient (Wildman–Crippen LogP) is 5.33. The van der Waals surface area contributed by atoms with Crippen molar-refractivity contribution in [1.29, 1.82) is 0 Å². The molecule has 4 nitrogen and oxygen atoms in total. The second kappa shape index (κ2) is 7.47. The van der Waals surface area contributed by atoms with Crippen molar-refractivity contribution in [2.45, 2.75) is 0 Å². The number of hydrogen-bond donors (Lipinski definition) is 0. The predicted molar refractivity (Wildman–Crippen MR) is 112 cm³/mol. The van der Waals surface area contributed by atoms with E-state index in [1.54, 1.807) is 29.4 Å². The van der Waals surface area contributed by atoms with Crippen LogP contribution in [0.15, 0.2) is 88.2 Å². The minimum atomic E-state index is -0.208. The summed E-state index contributed by atoms with van der Waals surface area (Å²) in [5.74, 6) is 0.295. The van der Waals surface area contributed by atoms with Crippen molar-refractivity contribution in [3.63, 3.8) is 0 Å². The van der Waals surface area contributed by atoms with E-state index < -0.39 is 0 Å². The highest BCUT2D eigenvalue weighted by atomic mass is 79.9. The molecule has 0 fully saturated rings. The van der Waals surface area contributed by atoms with Crippen LogP contribution < -0.4 is 4.90 Å². The molecule has 2 aromatic carbocycles. The van der Waals surface area contributed by atoms with Gasteiger partial charge in [0.2, 0.25) is 0 Å². The van der Waals surface area contributed by atoms with Crippen molar-refractivity contribution in [3.05, 3.63) is 99.4 Å². The summed E-state index contributed by atoms with van der Waals surface area (Å²) in [4.78, 5) is 23.4. The van der Waals surface area contributed by atoms with E-state index in [9.17, 15) is 4.79 Å². The van der Waals surface area contributed by atoms with Crippen LogP contribution in [-0.4, -0.2) is 16.7 Å². The molecule has 0 saturated carbocycles. The molecule has 0 bridgehead atoms. The van der Waals surface area contributed by atoms with Gasteiger partial charge in [-0.3, -0.25) is 14.7 Å². The topological polar surface area (TPSA) is 45.6 Å². The zero-order chi connectivity index (χ0) is 18.8. The Morgan fingerprint density at radius 2 is 1.78 bits per heavy atom. The quantitative estimate of drug-likeness (QED) is 0.519. The molecule has 132 valence electrons. The van der Waals surface area contributed by atoms with Crippen molar-refractivity contribution in [2.75, 3.05) is 4.90 Å². The number of aromatic nitrogens is 1. The molecule has 0 radical (unpaired) electrons. The number of amides is 1. The van der Waals surface area contributed by atoms with E-state index in [0.717, 1.165) is 10.0 Å². The van der Waals surface area contributed by atoms with E-state index >= 15 is 0 Å². The van der Waals surface area contributed by atoms with Crippen LogP contribution in [0.3, 0.4) is 0 Å². The summed E-state index contributed by atoms with van der Waals surface area (Å²) < 4.78 is 0.873. The van der Waals surface area contributed by atoms with Crippen LogP contribution in [0.1, 0.15) is 11.1 Å². The van der Waals surface area contributed by atoms with E-state index in [1.165, 1.54) is 0 Å². The Balaban J connectivity index is 1.87. The fourth-order valence-corrected chi connectivity index (χ4v) is 3.42. The van der Waals surface area contributed by atoms with Crippen molar-refractivity contribution in [3.8, 4) is 0 Å². The molecule has 27 heavy (non-hydrogen) atoms. The molecular formula is C21H13BrClN3O. The van der Waals surface area contributed by atoms with Gasteiger partial charge in [0.25, 0.3) is 5.91 Å². The van der Waals surface area contributed by atoms with E-state index in [1.807, 2.05) is 54.6 Å². The van der Waals surface area contributed by atoms with Gasteiger partial charge in [-0.1, -0.05) is 45.7 Å². The van der Waals surface area contributed by atoms with Gasteiger partial charge < -0.3 is 0 Å². The van der Waals surface area contributed by atoms with Gasteiger partial charge >= 0.3 is 0 Å². The Labute approximate surface area is 170 Å². The van der Waals surface area contributed by atoms with Crippen LogP contribution in [-0.2, 0) is 4.79 Å². The van der Waals surface area contributed by atoms with Gasteiger partial charge in [-0.2, -0.15) is 0 Å². The molecule has 0 aliphatic carbocycles. The summed E-state index contributed by atoms with van der Waals surface area (Å²) in [6.45, 7) is 0. The minimum Gasteiger partial charge on any atom is -0.266 e. The first-order chi connectivity index (χ1) is 13.1. The Kier molecular flexibility index (Phi) is 4.88. The fraction of sp³-hybridized carbons (Fsp3) is 0. The molecule has 1 aliphatic heterocycles. The zero-order valence-electron chi connectivity index (χ0n) is 14.0. The maximum absolute atomic E-state index is 13.2. The maximum Gasteiger partial charge on any atom is 0.282 e. The summed E-state index contributed by atoms with van der Waals surface area (Å²) in [7, 11) is 0. The highest BCUT2D eigenvalue weighted by Crippen LogP contribution is 2.31. The number of hydrogen-bond acceptors (Lipinski definition) is 3. The monoisotopic (exact) mass is 437 g/mol. The molecule has 0 N–H and O–H groups in total. The highest BCUT2D eigenvalue weighted by Gasteiger charge is 2.33. The van der Waals surface area contributed by atoms with Crippen LogP contribution >= 0.6 is 27.5 Å². The highest BCUT2D eigenvalue weighted by molar-refractivity contribution is 9.10. The first-order valence-electron chi connectivity index (χ1n) is 8.19. The minimum absolute atomic E-state index is 0.208. The number of amidine groups is 1. The van der Waals surface area contributed by atoms with Gasteiger partial charge in [0.15, 0.2) is 0 Å². The summed E-state index contributed by atoms with van der Waals surface area (Å²) in [5.41, 5.74) is 2.61. The Hall–Kier alpha value is -2.76. The molecule has 1 aromatic heterocycles. The molecule has 0 spiro atoms. The SMILES string of the molecule is O=C1/C(=C\c2ccncc2)N=C(c2ccccc2Cl)N1c1cccc(Br)c1. The number of rotatable bonds is 3. The molecule has 0 atom stereocenters. The summed E-state index contributed by atoms with van der Waals surface area (Å²) in [6, 6.07) is 18.5. The van der Waals surface area contributed by atoms with Crippen LogP contribution in [0, 0.1) is 0 Å². The smallest absolute Gasteiger partial charge is 0.266 e. The summed E-state index contributed by atoms with van der Waals surface area (Å²) in [5, 5.41) is 0.536. The largest absolute Gasteiger partial charge is 0.282 e. The summed E-state index contributed by atoms with van der Waals surface area (Å²) in [6.07, 6.45) is 5.10. The zero-order valence-corrected chi connectivity index (χ0v) is 16.4. The van der Waals surface area contributed by atoms with E-state index in [0.29, 0.717) is 27.8 Å². The Morgan fingerprint density at radius 3 is 2.52 bits per heavy atom. The number of pyridine rings is 1. The number of carbonyl (C=O) groups is 1. The Morgan fingerprint density at radius 1 is 1.00 bits per heavy atom. The van der Waals surface area contributed by atoms with Crippen LogP contribution in [0.25, 0.3) is 6.08 Å². The lowest BCUT2D eigenvalue weighted by Crippen LogP contribution is -2.32. The van der Waals surface area contributed by atoms with Crippen LogP contribution in [0.4, 0.5) is 5.69 Å². The number of halogens is 2. The van der Waals surface area contributed by atoms with Gasteiger partial charge in [-0.05, 0) is 54.1 Å². The van der Waals surface area contributed by atoms with Crippen LogP contribution in [0.5, 0.6) is 0 Å². The molecule has 6 heteroatoms. The number of carbonyl (C=O) groups excluding carboxylic acids is 1. The molecule has 3 aromatic rings. The van der Waals surface area contributed by atoms with Crippen molar-refractivity contribution < 1.29 is 4.79 Å². The third-order valence-electron chi connectivity index (χ3n) is 4.05. The van der Waals surface area contributed by atoms with Crippen molar-refractivity contribution >= 4 is 51.0 Å². The number of nitrogens with zero attached hydrogens (tertiary/aromatic N) is 3. The van der Waals surface area contributed by atoms with E-state index in [-0.39, 0.29) is 5.91 Å². The molecule has 2 heterocycles. The van der Waals surface area contributed by atoms with E-state index in [2.05, 4.69) is 25.9 Å². The third-order valence-corrected chi connectivity index (χ3v) is 4.87. The lowest BCUT2D eigenvalue weighted by molar-refractivity contribution is -0.113. The molecule has 0 saturated heterocycles. The molecule has 1 amide bonds. The molecular weight excluding hydrogens is 426 g/mol. The Bertz CT molecular complexity index is 1080. The maximum atomic E-state index is 13.2. The second-order valence-electron chi connectivity index (χ2n) is 5.85. The molecule has 1 aliphatic rings. The average Bonchev–Trinajstić information content (AvgIpc) is 2.99. The lowest BCUT2D eigenvalue weighted by Gasteiger charge is -2.19. The molecule has 0 unspecified atom stereocenters. The fourth-order valence-electron chi connectivity index (χ4n) is 2.81. The first kappa shape index (κ1) is 17.6. The number of aliphatic imine (C=N–C) groups is 1. The second-order valence-corrected chi connectivity index (χ2v) is 7.17. The van der Waals surface area contributed by atoms with E-state index in [4.69, 9.17) is 11.6 Å². The van der Waals surface area contributed by atoms with Gasteiger partial charge in [0.1, 0.15) is 11.5 Å². The van der Waals surface area contributed by atoms with Gasteiger partial charge in [-0.25, -0.2) is 4.99 Å². The molecule has 4 rings (SSSR count). The summed E-state index contributed by atoms with van der Waals surface area (Å²) >= 11 is 9.85. The average molecular weight is 439 g/mol. The van der Waals surface area contributed by atoms with Crippen molar-refractivity contribution in [2.24, 2.45) is 4.99 Å².